The molecule has 1 aliphatic rings. The minimum absolute atomic E-state index is 0.0205. The van der Waals surface area contributed by atoms with E-state index in [1.807, 2.05) is 68.1 Å². The van der Waals surface area contributed by atoms with Crippen molar-refractivity contribution in [2.45, 2.75) is 30.4 Å². The monoisotopic (exact) mass is 480 g/mol. The molecule has 0 amide bonds. The van der Waals surface area contributed by atoms with Crippen LogP contribution in [-0.4, -0.2) is 31.6 Å². The highest BCUT2D eigenvalue weighted by Crippen LogP contribution is 2.29. The van der Waals surface area contributed by atoms with Gasteiger partial charge in [0.2, 0.25) is 0 Å². The second-order valence-corrected chi connectivity index (χ2v) is 11.1. The van der Waals surface area contributed by atoms with Gasteiger partial charge in [0.15, 0.2) is 9.84 Å². The van der Waals surface area contributed by atoms with Crippen molar-refractivity contribution in [1.82, 2.24) is 10.3 Å². The molecule has 4 rings (SSSR count). The fourth-order valence-electron chi connectivity index (χ4n) is 3.54. The largest absolute Gasteiger partial charge is 0.492 e. The number of nitrogens with zero attached hydrogens (tertiary/aromatic N) is 1. The lowest BCUT2D eigenvalue weighted by Crippen LogP contribution is -2.22. The van der Waals surface area contributed by atoms with E-state index < -0.39 is 15.1 Å². The van der Waals surface area contributed by atoms with Crippen LogP contribution >= 0.6 is 11.8 Å². The molecule has 2 aromatic carbocycles. The normalized spacial score (nSPS) is 15.9. The summed E-state index contributed by atoms with van der Waals surface area (Å²) in [5.74, 6) is 2.55. The highest BCUT2D eigenvalue weighted by molar-refractivity contribution is 7.99. The smallest absolute Gasteiger partial charge is 0.190 e. The predicted molar refractivity (Wildman–Crippen MR) is 135 cm³/mol. The predicted octanol–water partition coefficient (Wildman–Crippen LogP) is 5.18. The van der Waals surface area contributed by atoms with Crippen LogP contribution in [0, 0.1) is 6.92 Å². The molecule has 0 aliphatic carbocycles. The van der Waals surface area contributed by atoms with Crippen molar-refractivity contribution in [3.63, 3.8) is 0 Å². The van der Waals surface area contributed by atoms with Gasteiger partial charge in [-0.3, -0.25) is 4.98 Å². The van der Waals surface area contributed by atoms with Crippen LogP contribution in [0.4, 0.5) is 0 Å². The summed E-state index contributed by atoms with van der Waals surface area (Å²) in [6.45, 7) is 3.96. The van der Waals surface area contributed by atoms with E-state index in [1.165, 1.54) is 5.70 Å². The number of benzene rings is 2. The fourth-order valence-corrected chi connectivity index (χ4v) is 5.89. The summed E-state index contributed by atoms with van der Waals surface area (Å²) in [4.78, 5) is 4.74. The Kier molecular flexibility index (Phi) is 7.40. The second-order valence-electron chi connectivity index (χ2n) is 8.01. The van der Waals surface area contributed by atoms with Gasteiger partial charge in [0.1, 0.15) is 17.6 Å². The highest BCUT2D eigenvalue weighted by atomic mass is 32.2. The van der Waals surface area contributed by atoms with Gasteiger partial charge in [0.05, 0.1) is 16.5 Å². The number of aryl methyl sites for hydroxylation is 2. The van der Waals surface area contributed by atoms with E-state index >= 15 is 0 Å². The molecular formula is C26H28N2O3S2. The van der Waals surface area contributed by atoms with Crippen LogP contribution in [0.15, 0.2) is 77.5 Å². The summed E-state index contributed by atoms with van der Waals surface area (Å²) in [5.41, 5.74) is 4.84. The summed E-state index contributed by atoms with van der Waals surface area (Å²) in [6, 6.07) is 18.3. The molecule has 5 nitrogen and oxygen atoms in total. The third kappa shape index (κ3) is 5.78. The molecule has 1 aromatic heterocycles. The van der Waals surface area contributed by atoms with Crippen LogP contribution in [0.3, 0.4) is 0 Å². The van der Waals surface area contributed by atoms with Crippen molar-refractivity contribution in [2.24, 2.45) is 0 Å². The molecule has 1 aliphatic heterocycles. The van der Waals surface area contributed by atoms with Gasteiger partial charge in [-0.05, 0) is 60.9 Å². The van der Waals surface area contributed by atoms with Crippen LogP contribution in [0.25, 0.3) is 6.08 Å². The zero-order valence-electron chi connectivity index (χ0n) is 18.8. The van der Waals surface area contributed by atoms with E-state index in [1.54, 1.807) is 24.4 Å². The van der Waals surface area contributed by atoms with Crippen molar-refractivity contribution >= 4 is 27.7 Å². The SMILES string of the molecule is CCc1ccc(C(COc2ccc(C=C3CSCN3)cc2)S(=O)(=O)c2ccc(C)cc2)nc1. The molecule has 1 N–H and O–H groups in total. The average Bonchev–Trinajstić information content (AvgIpc) is 3.34. The Morgan fingerprint density at radius 2 is 1.85 bits per heavy atom. The molecule has 1 saturated heterocycles. The Morgan fingerprint density at radius 1 is 1.09 bits per heavy atom. The van der Waals surface area contributed by atoms with E-state index in [2.05, 4.69) is 16.4 Å². The Hall–Kier alpha value is -2.77. The number of hydrogen-bond acceptors (Lipinski definition) is 6. The maximum Gasteiger partial charge on any atom is 0.190 e. The molecule has 0 saturated carbocycles. The molecular weight excluding hydrogens is 452 g/mol. The second kappa shape index (κ2) is 10.4. The summed E-state index contributed by atoms with van der Waals surface area (Å²) in [5, 5.41) is 2.43. The number of rotatable bonds is 8. The molecule has 0 bridgehead atoms. The van der Waals surface area contributed by atoms with Crippen molar-refractivity contribution in [3.05, 3.63) is 94.9 Å². The molecule has 2 heterocycles. The minimum atomic E-state index is -3.69. The van der Waals surface area contributed by atoms with Gasteiger partial charge in [-0.25, -0.2) is 8.42 Å². The van der Waals surface area contributed by atoms with Crippen molar-refractivity contribution < 1.29 is 13.2 Å². The molecule has 1 atom stereocenters. The maximum atomic E-state index is 13.5. The lowest BCUT2D eigenvalue weighted by atomic mass is 10.2. The van der Waals surface area contributed by atoms with Gasteiger partial charge in [-0.1, -0.05) is 42.8 Å². The van der Waals surface area contributed by atoms with Crippen LogP contribution in [-0.2, 0) is 16.3 Å². The van der Waals surface area contributed by atoms with Gasteiger partial charge in [0, 0.05) is 17.6 Å². The summed E-state index contributed by atoms with van der Waals surface area (Å²) < 4.78 is 33.0. The Balaban J connectivity index is 1.56. The zero-order chi connectivity index (χ0) is 23.3. The molecule has 1 unspecified atom stereocenters. The van der Waals surface area contributed by atoms with Crippen LogP contribution in [0.2, 0.25) is 0 Å². The summed E-state index contributed by atoms with van der Waals surface area (Å²) in [7, 11) is -3.69. The Labute approximate surface area is 200 Å². The van der Waals surface area contributed by atoms with E-state index in [9.17, 15) is 8.42 Å². The highest BCUT2D eigenvalue weighted by Gasteiger charge is 2.31. The van der Waals surface area contributed by atoms with Gasteiger partial charge in [0.25, 0.3) is 0 Å². The molecule has 33 heavy (non-hydrogen) atoms. The van der Waals surface area contributed by atoms with Gasteiger partial charge >= 0.3 is 0 Å². The van der Waals surface area contributed by atoms with Crippen LogP contribution in [0.5, 0.6) is 5.75 Å². The van der Waals surface area contributed by atoms with Crippen molar-refractivity contribution in [3.8, 4) is 5.75 Å². The number of nitrogens with one attached hydrogen (secondary N) is 1. The maximum absolute atomic E-state index is 13.5. The quantitative estimate of drug-likeness (QED) is 0.479. The minimum Gasteiger partial charge on any atom is -0.492 e. The Bertz CT molecular complexity index is 1200. The van der Waals surface area contributed by atoms with Gasteiger partial charge < -0.3 is 10.1 Å². The van der Waals surface area contributed by atoms with Crippen LogP contribution in [0.1, 0.15) is 34.6 Å². The number of ether oxygens (including phenoxy) is 1. The molecule has 0 spiro atoms. The number of thioether (sulfide) groups is 1. The molecule has 3 aromatic rings. The third-order valence-corrected chi connectivity index (χ3v) is 8.51. The first-order valence-electron chi connectivity index (χ1n) is 11.0. The number of hydrogen-bond donors (Lipinski definition) is 1. The first kappa shape index (κ1) is 23.4. The van der Waals surface area contributed by atoms with Crippen LogP contribution < -0.4 is 10.1 Å². The van der Waals surface area contributed by atoms with E-state index in [0.29, 0.717) is 11.4 Å². The topological polar surface area (TPSA) is 68.3 Å². The van der Waals surface area contributed by atoms with Gasteiger partial charge in [-0.2, -0.15) is 0 Å². The molecule has 1 fully saturated rings. The number of pyridine rings is 1. The first-order chi connectivity index (χ1) is 16.0. The van der Waals surface area contributed by atoms with Crippen molar-refractivity contribution in [1.29, 1.82) is 0 Å². The standard InChI is InChI=1S/C26H28N2O3S2/c1-3-20-8-13-25(27-15-20)26(33(29,30)24-11-4-19(2)5-12-24)16-31-23-9-6-21(7-10-23)14-22-17-32-18-28-22/h4-15,26,28H,3,16-18H2,1-2H3. The lowest BCUT2D eigenvalue weighted by Gasteiger charge is -2.19. The van der Waals surface area contributed by atoms with Crippen molar-refractivity contribution in [2.75, 3.05) is 18.2 Å². The van der Waals surface area contributed by atoms with E-state index in [0.717, 1.165) is 34.7 Å². The zero-order valence-corrected chi connectivity index (χ0v) is 20.5. The Morgan fingerprint density at radius 3 is 2.45 bits per heavy atom. The van der Waals surface area contributed by atoms with E-state index in [-0.39, 0.29) is 11.5 Å². The fraction of sp³-hybridized carbons (Fsp3) is 0.269. The van der Waals surface area contributed by atoms with E-state index in [4.69, 9.17) is 4.74 Å². The molecule has 0 radical (unpaired) electrons. The average molecular weight is 481 g/mol. The summed E-state index contributed by atoms with van der Waals surface area (Å²) in [6.07, 6.45) is 4.70. The molecule has 172 valence electrons. The number of aromatic nitrogens is 1. The number of sulfone groups is 1. The summed E-state index contributed by atoms with van der Waals surface area (Å²) >= 11 is 1.85. The first-order valence-corrected chi connectivity index (χ1v) is 13.7. The lowest BCUT2D eigenvalue weighted by molar-refractivity contribution is 0.312. The van der Waals surface area contributed by atoms with Gasteiger partial charge in [-0.15, -0.1) is 11.8 Å². The molecule has 7 heteroatoms. The third-order valence-electron chi connectivity index (χ3n) is 5.59.